The van der Waals surface area contributed by atoms with Gasteiger partial charge >= 0.3 is 6.18 Å². The van der Waals surface area contributed by atoms with Gasteiger partial charge in [0, 0.05) is 16.8 Å². The van der Waals surface area contributed by atoms with Gasteiger partial charge in [-0.05, 0) is 30.3 Å². The summed E-state index contributed by atoms with van der Waals surface area (Å²) < 4.78 is 62.3. The molecular weight excluding hydrogens is 341 g/mol. The molecule has 0 aliphatic rings. The molecule has 10 heteroatoms. The number of nitrogens with zero attached hydrogens (tertiary/aromatic N) is 2. The minimum atomic E-state index is -4.57. The molecule has 2 rings (SSSR count). The van der Waals surface area contributed by atoms with Crippen LogP contribution in [0.4, 0.5) is 27.6 Å². The lowest BCUT2D eigenvalue weighted by Crippen LogP contribution is -2.19. The van der Waals surface area contributed by atoms with Gasteiger partial charge in [0.25, 0.3) is 5.76 Å². The van der Waals surface area contributed by atoms with Crippen LogP contribution in [-0.2, 0) is 17.5 Å². The van der Waals surface area contributed by atoms with E-state index in [9.17, 15) is 26.7 Å². The largest absolute Gasteiger partial charge is 0.435 e. The molecule has 0 bridgehead atoms. The molecule has 1 heterocycles. The monoisotopic (exact) mass is 351 g/mol. The highest BCUT2D eigenvalue weighted by molar-refractivity contribution is 7.99. The van der Waals surface area contributed by atoms with Gasteiger partial charge in [0.15, 0.2) is 5.69 Å². The van der Waals surface area contributed by atoms with E-state index >= 15 is 0 Å². The van der Waals surface area contributed by atoms with Crippen LogP contribution in [0.3, 0.4) is 0 Å². The maximum Gasteiger partial charge on any atom is 0.435 e. The average Bonchev–Trinajstić information content (AvgIpc) is 2.89. The molecule has 0 saturated carbocycles. The summed E-state index contributed by atoms with van der Waals surface area (Å²) in [5.41, 5.74) is -0.740. The SMILES string of the molecule is O=C(Cn1ccc(C(F)(F)F)n1)Nc1ccc(SC(F)F)cc1. The van der Waals surface area contributed by atoms with Crippen molar-refractivity contribution in [2.24, 2.45) is 0 Å². The molecule has 4 nitrogen and oxygen atoms in total. The highest BCUT2D eigenvalue weighted by Gasteiger charge is 2.33. The van der Waals surface area contributed by atoms with Gasteiger partial charge in [-0.1, -0.05) is 11.8 Å². The number of carbonyl (C=O) groups is 1. The molecule has 1 aromatic carbocycles. The van der Waals surface area contributed by atoms with Crippen LogP contribution in [-0.4, -0.2) is 21.4 Å². The van der Waals surface area contributed by atoms with Crippen molar-refractivity contribution in [3.63, 3.8) is 0 Å². The van der Waals surface area contributed by atoms with Crippen LogP contribution >= 0.6 is 11.8 Å². The number of hydrogen-bond acceptors (Lipinski definition) is 3. The van der Waals surface area contributed by atoms with Crippen molar-refractivity contribution in [1.29, 1.82) is 0 Å². The second kappa shape index (κ2) is 6.99. The van der Waals surface area contributed by atoms with E-state index in [4.69, 9.17) is 0 Å². The third-order valence-corrected chi connectivity index (χ3v) is 3.32. The molecular formula is C13H10F5N3OS. The van der Waals surface area contributed by atoms with E-state index in [1.807, 2.05) is 0 Å². The minimum Gasteiger partial charge on any atom is -0.324 e. The maximum absolute atomic E-state index is 12.4. The highest BCUT2D eigenvalue weighted by Crippen LogP contribution is 2.27. The summed E-state index contributed by atoms with van der Waals surface area (Å²) in [6, 6.07) is 6.42. The Balaban J connectivity index is 1.93. The lowest BCUT2D eigenvalue weighted by atomic mass is 10.3. The third-order valence-electron chi connectivity index (χ3n) is 2.60. The van der Waals surface area contributed by atoms with Crippen molar-refractivity contribution in [3.05, 3.63) is 42.2 Å². The number of alkyl halides is 5. The van der Waals surface area contributed by atoms with Crippen molar-refractivity contribution in [3.8, 4) is 0 Å². The zero-order valence-corrected chi connectivity index (χ0v) is 12.2. The lowest BCUT2D eigenvalue weighted by molar-refractivity contribution is -0.141. The summed E-state index contributed by atoms with van der Waals surface area (Å²) in [6.07, 6.45) is -3.52. The fraction of sp³-hybridized carbons (Fsp3) is 0.231. The maximum atomic E-state index is 12.4. The van der Waals surface area contributed by atoms with Gasteiger partial charge in [0.05, 0.1) is 0 Å². The summed E-state index contributed by atoms with van der Waals surface area (Å²) >= 11 is 0.367. The predicted molar refractivity (Wildman–Crippen MR) is 74.2 cm³/mol. The third kappa shape index (κ3) is 5.23. The first-order valence-corrected chi connectivity index (χ1v) is 7.07. The topological polar surface area (TPSA) is 46.9 Å². The first-order valence-electron chi connectivity index (χ1n) is 6.19. The number of amides is 1. The molecule has 0 radical (unpaired) electrons. The Labute approximate surface area is 131 Å². The molecule has 1 amide bonds. The van der Waals surface area contributed by atoms with Gasteiger partial charge in [-0.25, -0.2) is 0 Å². The number of thioether (sulfide) groups is 1. The zero-order valence-electron chi connectivity index (χ0n) is 11.3. The summed E-state index contributed by atoms with van der Waals surface area (Å²) in [5, 5.41) is 5.70. The molecule has 1 N–H and O–H groups in total. The van der Waals surface area contributed by atoms with E-state index < -0.39 is 30.1 Å². The summed E-state index contributed by atoms with van der Waals surface area (Å²) in [4.78, 5) is 12.1. The first kappa shape index (κ1) is 17.3. The van der Waals surface area contributed by atoms with Crippen LogP contribution in [0, 0.1) is 0 Å². The summed E-state index contributed by atoms with van der Waals surface area (Å²) in [7, 11) is 0. The van der Waals surface area contributed by atoms with Gasteiger partial charge in [-0.15, -0.1) is 0 Å². The van der Waals surface area contributed by atoms with Crippen molar-refractivity contribution in [2.75, 3.05) is 5.32 Å². The van der Waals surface area contributed by atoms with E-state index in [2.05, 4.69) is 10.4 Å². The Morgan fingerprint density at radius 2 is 1.87 bits per heavy atom. The van der Waals surface area contributed by atoms with Gasteiger partial charge < -0.3 is 5.32 Å². The van der Waals surface area contributed by atoms with Crippen molar-refractivity contribution < 1.29 is 26.7 Å². The standard InChI is InChI=1S/C13H10F5N3OS/c14-12(15)23-9-3-1-8(2-4-9)19-11(22)7-21-6-5-10(20-21)13(16,17)18/h1-6,12H,7H2,(H,19,22). The smallest absolute Gasteiger partial charge is 0.324 e. The van der Waals surface area contributed by atoms with E-state index in [1.165, 1.54) is 24.3 Å². The minimum absolute atomic E-state index is 0.333. The van der Waals surface area contributed by atoms with E-state index in [0.717, 1.165) is 16.9 Å². The highest BCUT2D eigenvalue weighted by atomic mass is 32.2. The number of aromatic nitrogens is 2. The fourth-order valence-corrected chi connectivity index (χ4v) is 2.17. The first-order chi connectivity index (χ1) is 10.7. The Hall–Kier alpha value is -2.10. The van der Waals surface area contributed by atoms with Gasteiger partial charge in [0.2, 0.25) is 5.91 Å². The molecule has 0 aliphatic heterocycles. The number of anilines is 1. The molecule has 124 valence electrons. The number of nitrogens with one attached hydrogen (secondary N) is 1. The summed E-state index contributed by atoms with van der Waals surface area (Å²) in [5.74, 6) is -3.13. The van der Waals surface area contributed by atoms with Gasteiger partial charge in [-0.3, -0.25) is 9.48 Å². The Morgan fingerprint density at radius 3 is 2.39 bits per heavy atom. The van der Waals surface area contributed by atoms with Crippen LogP contribution in [0.15, 0.2) is 41.4 Å². The number of carbonyl (C=O) groups excluding carboxylic acids is 1. The van der Waals surface area contributed by atoms with Crippen molar-refractivity contribution >= 4 is 23.4 Å². The number of rotatable bonds is 5. The van der Waals surface area contributed by atoms with Gasteiger partial charge in [0.1, 0.15) is 6.54 Å². The normalized spacial score (nSPS) is 11.7. The van der Waals surface area contributed by atoms with E-state index in [-0.39, 0.29) is 0 Å². The molecule has 0 fully saturated rings. The van der Waals surface area contributed by atoms with E-state index in [0.29, 0.717) is 22.3 Å². The van der Waals surface area contributed by atoms with Crippen LogP contribution in [0.5, 0.6) is 0 Å². The average molecular weight is 351 g/mol. The molecule has 2 aromatic rings. The number of hydrogen-bond donors (Lipinski definition) is 1. The predicted octanol–water partition coefficient (Wildman–Crippen LogP) is 3.86. The van der Waals surface area contributed by atoms with Crippen molar-refractivity contribution in [2.45, 2.75) is 23.4 Å². The second-order valence-electron chi connectivity index (χ2n) is 4.35. The zero-order chi connectivity index (χ0) is 17.0. The summed E-state index contributed by atoms with van der Waals surface area (Å²) in [6.45, 7) is -0.399. The van der Waals surface area contributed by atoms with Crippen molar-refractivity contribution in [1.82, 2.24) is 9.78 Å². The quantitative estimate of drug-likeness (QED) is 0.657. The van der Waals surface area contributed by atoms with Crippen LogP contribution in [0.2, 0.25) is 0 Å². The molecule has 0 atom stereocenters. The van der Waals surface area contributed by atoms with Crippen LogP contribution < -0.4 is 5.32 Å². The Kier molecular flexibility index (Phi) is 5.24. The second-order valence-corrected chi connectivity index (χ2v) is 5.41. The molecule has 0 aliphatic carbocycles. The lowest BCUT2D eigenvalue weighted by Gasteiger charge is -2.07. The van der Waals surface area contributed by atoms with Crippen LogP contribution in [0.25, 0.3) is 0 Å². The van der Waals surface area contributed by atoms with E-state index in [1.54, 1.807) is 0 Å². The Bertz CT molecular complexity index is 669. The molecule has 0 spiro atoms. The molecule has 0 saturated heterocycles. The van der Waals surface area contributed by atoms with Crippen LogP contribution in [0.1, 0.15) is 5.69 Å². The van der Waals surface area contributed by atoms with Gasteiger partial charge in [-0.2, -0.15) is 27.1 Å². The molecule has 23 heavy (non-hydrogen) atoms. The number of benzene rings is 1. The number of halogens is 5. The molecule has 0 unspecified atom stereocenters. The fourth-order valence-electron chi connectivity index (χ4n) is 1.67. The molecule has 1 aromatic heterocycles. The Morgan fingerprint density at radius 1 is 1.22 bits per heavy atom.